The molecule has 2 aromatic rings. The number of aryl methyl sites for hydroxylation is 2. The van der Waals surface area contributed by atoms with Crippen LogP contribution < -0.4 is 4.74 Å². The lowest BCUT2D eigenvalue weighted by atomic mass is 10.3. The molecule has 1 aromatic heterocycles. The number of hydrogen-bond acceptors (Lipinski definition) is 3. The SMILES string of the molecule is Cc1nn(C)c(Oc2cc(Br)ccc2F)c1C=O. The van der Waals surface area contributed by atoms with Gasteiger partial charge in [0.1, 0.15) is 0 Å². The molecule has 94 valence electrons. The summed E-state index contributed by atoms with van der Waals surface area (Å²) in [6, 6.07) is 4.34. The zero-order valence-corrected chi connectivity index (χ0v) is 11.4. The lowest BCUT2D eigenvalue weighted by Crippen LogP contribution is -1.98. The summed E-state index contributed by atoms with van der Waals surface area (Å²) in [5.41, 5.74) is 0.856. The van der Waals surface area contributed by atoms with Gasteiger partial charge in [-0.15, -0.1) is 0 Å². The number of carbonyl (C=O) groups is 1. The molecule has 0 radical (unpaired) electrons. The minimum Gasteiger partial charge on any atom is -0.435 e. The molecule has 0 fully saturated rings. The number of ether oxygens (including phenoxy) is 1. The van der Waals surface area contributed by atoms with Crippen LogP contribution in [0.3, 0.4) is 0 Å². The van der Waals surface area contributed by atoms with Crippen LogP contribution in [0, 0.1) is 12.7 Å². The van der Waals surface area contributed by atoms with Crippen LogP contribution >= 0.6 is 15.9 Å². The van der Waals surface area contributed by atoms with E-state index in [-0.39, 0.29) is 11.6 Å². The lowest BCUT2D eigenvalue weighted by molar-refractivity contribution is 0.112. The summed E-state index contributed by atoms with van der Waals surface area (Å²) in [6.45, 7) is 1.69. The molecule has 1 heterocycles. The second-order valence-corrected chi connectivity index (χ2v) is 4.64. The van der Waals surface area contributed by atoms with Crippen molar-refractivity contribution >= 4 is 22.2 Å². The lowest BCUT2D eigenvalue weighted by Gasteiger charge is -2.07. The Morgan fingerprint density at radius 3 is 2.89 bits per heavy atom. The van der Waals surface area contributed by atoms with Crippen LogP contribution in [0.4, 0.5) is 4.39 Å². The first kappa shape index (κ1) is 12.8. The van der Waals surface area contributed by atoms with Crippen molar-refractivity contribution in [2.75, 3.05) is 0 Å². The van der Waals surface area contributed by atoms with Crippen molar-refractivity contribution in [3.63, 3.8) is 0 Å². The zero-order valence-electron chi connectivity index (χ0n) is 9.78. The molecule has 0 N–H and O–H groups in total. The number of benzene rings is 1. The highest BCUT2D eigenvalue weighted by atomic mass is 79.9. The van der Waals surface area contributed by atoms with Crippen LogP contribution in [-0.2, 0) is 7.05 Å². The van der Waals surface area contributed by atoms with Gasteiger partial charge in [-0.3, -0.25) is 4.79 Å². The van der Waals surface area contributed by atoms with Gasteiger partial charge in [0, 0.05) is 11.5 Å². The van der Waals surface area contributed by atoms with Crippen molar-refractivity contribution in [2.24, 2.45) is 7.05 Å². The van der Waals surface area contributed by atoms with Gasteiger partial charge in [-0.2, -0.15) is 5.10 Å². The molecule has 4 nitrogen and oxygen atoms in total. The van der Waals surface area contributed by atoms with Crippen LogP contribution in [0.1, 0.15) is 16.1 Å². The van der Waals surface area contributed by atoms with Gasteiger partial charge in [0.15, 0.2) is 17.9 Å². The third-order valence-corrected chi connectivity index (χ3v) is 2.93. The van der Waals surface area contributed by atoms with Crippen molar-refractivity contribution in [3.8, 4) is 11.6 Å². The van der Waals surface area contributed by atoms with E-state index in [0.29, 0.717) is 22.0 Å². The summed E-state index contributed by atoms with van der Waals surface area (Å²) >= 11 is 3.23. The number of aromatic nitrogens is 2. The Hall–Kier alpha value is -1.69. The molecule has 1 aromatic carbocycles. The van der Waals surface area contributed by atoms with Crippen molar-refractivity contribution in [3.05, 3.63) is 39.7 Å². The Balaban J connectivity index is 2.45. The van der Waals surface area contributed by atoms with E-state index in [1.807, 2.05) is 0 Å². The molecule has 2 rings (SSSR count). The van der Waals surface area contributed by atoms with E-state index in [0.717, 1.165) is 0 Å². The fourth-order valence-electron chi connectivity index (χ4n) is 1.57. The van der Waals surface area contributed by atoms with E-state index in [1.54, 1.807) is 20.0 Å². The number of hydrogen-bond donors (Lipinski definition) is 0. The first-order chi connectivity index (χ1) is 8.52. The van der Waals surface area contributed by atoms with Crippen molar-refractivity contribution < 1.29 is 13.9 Å². The maximum Gasteiger partial charge on any atom is 0.228 e. The standard InChI is InChI=1S/C12H10BrFN2O2/c1-7-9(6-17)12(16(2)15-7)18-11-5-8(13)3-4-10(11)14/h3-6H,1-2H3. The topological polar surface area (TPSA) is 44.1 Å². The van der Waals surface area contributed by atoms with Gasteiger partial charge in [0.05, 0.1) is 11.3 Å². The number of nitrogens with zero attached hydrogens (tertiary/aromatic N) is 2. The summed E-state index contributed by atoms with van der Waals surface area (Å²) in [4.78, 5) is 11.0. The molecule has 0 saturated heterocycles. The largest absolute Gasteiger partial charge is 0.435 e. The van der Waals surface area contributed by atoms with E-state index in [2.05, 4.69) is 21.0 Å². The molecule has 0 amide bonds. The van der Waals surface area contributed by atoms with Gasteiger partial charge in [-0.05, 0) is 25.1 Å². The normalized spacial score (nSPS) is 10.4. The minimum absolute atomic E-state index is 0.0375. The molecule has 0 atom stereocenters. The van der Waals surface area contributed by atoms with Crippen LogP contribution in [0.25, 0.3) is 0 Å². The van der Waals surface area contributed by atoms with E-state index in [4.69, 9.17) is 4.74 Å². The fourth-order valence-corrected chi connectivity index (χ4v) is 1.91. The highest BCUT2D eigenvalue weighted by molar-refractivity contribution is 9.10. The van der Waals surface area contributed by atoms with Gasteiger partial charge in [0.25, 0.3) is 0 Å². The zero-order chi connectivity index (χ0) is 13.3. The summed E-state index contributed by atoms with van der Waals surface area (Å²) < 4.78 is 21.1. The van der Waals surface area contributed by atoms with Gasteiger partial charge in [-0.25, -0.2) is 9.07 Å². The van der Waals surface area contributed by atoms with E-state index in [1.165, 1.54) is 16.8 Å². The van der Waals surface area contributed by atoms with Crippen molar-refractivity contribution in [2.45, 2.75) is 6.92 Å². The molecule has 0 aliphatic carbocycles. The summed E-state index contributed by atoms with van der Waals surface area (Å²) in [7, 11) is 1.63. The highest BCUT2D eigenvalue weighted by Crippen LogP contribution is 2.29. The van der Waals surface area contributed by atoms with Crippen LogP contribution in [0.15, 0.2) is 22.7 Å². The van der Waals surface area contributed by atoms with E-state index < -0.39 is 5.82 Å². The highest BCUT2D eigenvalue weighted by Gasteiger charge is 2.16. The first-order valence-electron chi connectivity index (χ1n) is 5.14. The first-order valence-corrected chi connectivity index (χ1v) is 5.94. The number of aldehydes is 1. The minimum atomic E-state index is -0.506. The third-order valence-electron chi connectivity index (χ3n) is 2.43. The molecule has 0 spiro atoms. The van der Waals surface area contributed by atoms with Crippen molar-refractivity contribution in [1.82, 2.24) is 9.78 Å². The number of carbonyl (C=O) groups excluding carboxylic acids is 1. The summed E-state index contributed by atoms with van der Waals surface area (Å²) in [6.07, 6.45) is 0.646. The number of halogens is 2. The second kappa shape index (κ2) is 4.89. The van der Waals surface area contributed by atoms with Crippen molar-refractivity contribution in [1.29, 1.82) is 0 Å². The molecule has 18 heavy (non-hydrogen) atoms. The Kier molecular flexibility index (Phi) is 3.47. The maximum absolute atomic E-state index is 13.6. The Labute approximate surface area is 111 Å². The van der Waals surface area contributed by atoms with Crippen LogP contribution in [0.2, 0.25) is 0 Å². The molecule has 0 aliphatic heterocycles. The molecular formula is C12H10BrFN2O2. The molecule has 0 aliphatic rings. The average Bonchev–Trinajstić information content (AvgIpc) is 2.58. The molecule has 0 bridgehead atoms. The van der Waals surface area contributed by atoms with Gasteiger partial charge in [-0.1, -0.05) is 15.9 Å². The predicted octanol–water partition coefficient (Wildman–Crippen LogP) is 3.23. The molecular weight excluding hydrogens is 303 g/mol. The average molecular weight is 313 g/mol. The van der Waals surface area contributed by atoms with Crippen LogP contribution in [0.5, 0.6) is 11.6 Å². The second-order valence-electron chi connectivity index (χ2n) is 3.72. The van der Waals surface area contributed by atoms with E-state index in [9.17, 15) is 9.18 Å². The smallest absolute Gasteiger partial charge is 0.228 e. The molecule has 0 saturated carbocycles. The van der Waals surface area contributed by atoms with Gasteiger partial charge in [0.2, 0.25) is 5.88 Å². The van der Waals surface area contributed by atoms with Gasteiger partial charge >= 0.3 is 0 Å². The Bertz CT molecular complexity index is 610. The quantitative estimate of drug-likeness (QED) is 0.817. The summed E-state index contributed by atoms with van der Waals surface area (Å²) in [5, 5.41) is 4.06. The van der Waals surface area contributed by atoms with Gasteiger partial charge < -0.3 is 4.74 Å². The van der Waals surface area contributed by atoms with E-state index >= 15 is 0 Å². The molecule has 6 heteroatoms. The molecule has 0 unspecified atom stereocenters. The monoisotopic (exact) mass is 312 g/mol. The maximum atomic E-state index is 13.6. The fraction of sp³-hybridized carbons (Fsp3) is 0.167. The predicted molar refractivity (Wildman–Crippen MR) is 67.5 cm³/mol. The number of rotatable bonds is 3. The van der Waals surface area contributed by atoms with Crippen LogP contribution in [-0.4, -0.2) is 16.1 Å². The Morgan fingerprint density at radius 1 is 1.50 bits per heavy atom. The summed E-state index contributed by atoms with van der Waals surface area (Å²) in [5.74, 6) is -0.246. The third kappa shape index (κ3) is 2.28. The Morgan fingerprint density at radius 2 is 2.22 bits per heavy atom.